The van der Waals surface area contributed by atoms with E-state index < -0.39 is 5.54 Å². The highest BCUT2D eigenvalue weighted by atomic mass is 16.7. The molecular formula is C20H33N3O5. The van der Waals surface area contributed by atoms with Crippen molar-refractivity contribution in [1.82, 2.24) is 10.1 Å². The molecule has 8 heteroatoms. The number of nitrogens with one attached hydrogen (secondary N) is 1. The Hall–Kier alpha value is -1.48. The van der Waals surface area contributed by atoms with E-state index in [4.69, 9.17) is 14.0 Å². The zero-order chi connectivity index (χ0) is 20.4. The maximum atomic E-state index is 12.8. The zero-order valence-electron chi connectivity index (χ0n) is 17.4. The molecule has 2 fully saturated rings. The summed E-state index contributed by atoms with van der Waals surface area (Å²) < 4.78 is 16.9. The molecule has 1 aromatic heterocycles. The molecule has 158 valence electrons. The number of amides is 1. The van der Waals surface area contributed by atoms with E-state index in [1.54, 1.807) is 6.07 Å². The summed E-state index contributed by atoms with van der Waals surface area (Å²) in [6, 6.07) is 1.75. The Balaban J connectivity index is 1.57. The average molecular weight is 396 g/mol. The molecule has 28 heavy (non-hydrogen) atoms. The molecule has 1 unspecified atom stereocenters. The monoisotopic (exact) mass is 395 g/mol. The highest BCUT2D eigenvalue weighted by Gasteiger charge is 2.39. The van der Waals surface area contributed by atoms with Crippen LogP contribution in [0.25, 0.3) is 0 Å². The predicted octanol–water partition coefficient (Wildman–Crippen LogP) is 2.28. The smallest absolute Gasteiger partial charge is 0.246 e. The Morgan fingerprint density at radius 2 is 2.14 bits per heavy atom. The Kier molecular flexibility index (Phi) is 6.44. The molecule has 1 aromatic rings. The minimum Gasteiger partial charge on any atom is -0.392 e. The fourth-order valence-electron chi connectivity index (χ4n) is 3.53. The van der Waals surface area contributed by atoms with Crippen molar-refractivity contribution in [3.8, 4) is 0 Å². The summed E-state index contributed by atoms with van der Waals surface area (Å²) in [5.41, 5.74) is -0.406. The van der Waals surface area contributed by atoms with Gasteiger partial charge in [0.2, 0.25) is 11.8 Å². The van der Waals surface area contributed by atoms with E-state index in [1.165, 1.54) is 0 Å². The molecule has 0 radical (unpaired) electrons. The van der Waals surface area contributed by atoms with E-state index >= 15 is 0 Å². The molecule has 2 aliphatic rings. The van der Waals surface area contributed by atoms with Gasteiger partial charge in [-0.15, -0.1) is 0 Å². The van der Waals surface area contributed by atoms with Gasteiger partial charge in [0.1, 0.15) is 0 Å². The lowest BCUT2D eigenvalue weighted by molar-refractivity contribution is -0.170. The van der Waals surface area contributed by atoms with Crippen LogP contribution in [0.4, 0.5) is 5.88 Å². The summed E-state index contributed by atoms with van der Waals surface area (Å²) in [5.74, 6) is 0.128. The number of likely N-dealkylation sites (tertiary alicyclic amines) is 1. The summed E-state index contributed by atoms with van der Waals surface area (Å²) in [6.07, 6.45) is 3.27. The maximum Gasteiger partial charge on any atom is 0.246 e. The van der Waals surface area contributed by atoms with Crippen LogP contribution in [0.3, 0.4) is 0 Å². The number of carbonyl (C=O) groups is 1. The van der Waals surface area contributed by atoms with Gasteiger partial charge >= 0.3 is 0 Å². The summed E-state index contributed by atoms with van der Waals surface area (Å²) in [4.78, 5) is 14.7. The third-order valence-electron chi connectivity index (χ3n) is 5.72. The Bertz CT molecular complexity index is 667. The van der Waals surface area contributed by atoms with Crippen LogP contribution >= 0.6 is 0 Å². The first-order valence-corrected chi connectivity index (χ1v) is 10.1. The van der Waals surface area contributed by atoms with Crippen molar-refractivity contribution in [3.05, 3.63) is 11.8 Å². The first-order chi connectivity index (χ1) is 13.2. The number of carbonyl (C=O) groups excluding carboxylic acids is 1. The van der Waals surface area contributed by atoms with Crippen LogP contribution in [0.1, 0.15) is 59.1 Å². The molecule has 2 atom stereocenters. The number of ether oxygens (including phenoxy) is 2. The first kappa shape index (κ1) is 21.2. The fraction of sp³-hybridized carbons (Fsp3) is 0.800. The first-order valence-electron chi connectivity index (χ1n) is 10.1. The van der Waals surface area contributed by atoms with E-state index in [9.17, 15) is 9.90 Å². The van der Waals surface area contributed by atoms with Crippen LogP contribution in [0.5, 0.6) is 0 Å². The van der Waals surface area contributed by atoms with E-state index in [0.717, 1.165) is 25.9 Å². The number of β-amino-alcohol motifs (C(OH)–C–C–N with tert-alkyl or cyclic N) is 1. The standard InChI is InChI=1S/C20H33N3O5/c1-19(2,13-27-17-7-5-6-10-26-17)15-11-16(28-22-15)21-18(25)20(3,4)23-9-8-14(24)12-23/h11,14,17,24H,5-10,12-13H2,1-4H3,(H,21,25)/t14-,17?/m0/s1. The van der Waals surface area contributed by atoms with E-state index in [-0.39, 0.29) is 23.7 Å². The van der Waals surface area contributed by atoms with Crippen molar-refractivity contribution in [1.29, 1.82) is 0 Å². The quantitative estimate of drug-likeness (QED) is 0.731. The van der Waals surface area contributed by atoms with Gasteiger partial charge in [0.25, 0.3) is 0 Å². The van der Waals surface area contributed by atoms with Crippen molar-refractivity contribution in [3.63, 3.8) is 0 Å². The third-order valence-corrected chi connectivity index (χ3v) is 5.72. The second-order valence-corrected chi connectivity index (χ2v) is 8.97. The molecule has 3 rings (SSSR count). The zero-order valence-corrected chi connectivity index (χ0v) is 17.4. The van der Waals surface area contributed by atoms with E-state index in [1.807, 2.05) is 32.6 Å². The van der Waals surface area contributed by atoms with Crippen LogP contribution in [0.15, 0.2) is 10.6 Å². The maximum absolute atomic E-state index is 12.8. The molecule has 1 amide bonds. The van der Waals surface area contributed by atoms with Gasteiger partial charge in [0, 0.05) is 31.2 Å². The van der Waals surface area contributed by atoms with Crippen molar-refractivity contribution in [2.75, 3.05) is 31.6 Å². The molecule has 8 nitrogen and oxygen atoms in total. The van der Waals surface area contributed by atoms with Crippen LogP contribution in [-0.4, -0.2) is 65.3 Å². The molecule has 2 N–H and O–H groups in total. The topological polar surface area (TPSA) is 97.1 Å². The number of anilines is 1. The lowest BCUT2D eigenvalue weighted by atomic mass is 9.90. The van der Waals surface area contributed by atoms with Crippen molar-refractivity contribution >= 4 is 11.8 Å². The number of rotatable bonds is 7. The summed E-state index contributed by atoms with van der Waals surface area (Å²) in [7, 11) is 0. The normalized spacial score (nSPS) is 24.5. The van der Waals surface area contributed by atoms with Gasteiger partial charge in [-0.05, 0) is 39.5 Å². The Morgan fingerprint density at radius 1 is 1.36 bits per heavy atom. The van der Waals surface area contributed by atoms with Crippen molar-refractivity contribution in [2.24, 2.45) is 0 Å². The summed E-state index contributed by atoms with van der Waals surface area (Å²) >= 11 is 0. The third kappa shape index (κ3) is 4.92. The minimum atomic E-state index is -0.749. The number of aliphatic hydroxyl groups is 1. The van der Waals surface area contributed by atoms with E-state index in [2.05, 4.69) is 10.5 Å². The molecule has 3 heterocycles. The van der Waals surface area contributed by atoms with E-state index in [0.29, 0.717) is 37.7 Å². The predicted molar refractivity (Wildman–Crippen MR) is 104 cm³/mol. The lowest BCUT2D eigenvalue weighted by Crippen LogP contribution is -2.51. The number of aromatic nitrogens is 1. The van der Waals surface area contributed by atoms with Gasteiger partial charge in [-0.3, -0.25) is 15.0 Å². The molecule has 0 aromatic carbocycles. The van der Waals surface area contributed by atoms with Crippen molar-refractivity contribution in [2.45, 2.75) is 76.7 Å². The van der Waals surface area contributed by atoms with Gasteiger partial charge < -0.3 is 19.1 Å². The Morgan fingerprint density at radius 3 is 2.79 bits per heavy atom. The molecule has 2 aliphatic heterocycles. The van der Waals surface area contributed by atoms with Gasteiger partial charge in [-0.25, -0.2) is 0 Å². The number of hydrogen-bond donors (Lipinski definition) is 2. The molecule has 0 bridgehead atoms. The summed E-state index contributed by atoms with van der Waals surface area (Å²) in [6.45, 7) is 10.1. The van der Waals surface area contributed by atoms with Crippen LogP contribution in [0.2, 0.25) is 0 Å². The highest BCUT2D eigenvalue weighted by molar-refractivity contribution is 5.96. The molecule has 0 aliphatic carbocycles. The van der Waals surface area contributed by atoms with Gasteiger partial charge in [0.05, 0.1) is 23.9 Å². The van der Waals surface area contributed by atoms with Crippen molar-refractivity contribution < 1.29 is 23.9 Å². The molecular weight excluding hydrogens is 362 g/mol. The Labute approximate surface area is 166 Å². The summed E-state index contributed by atoms with van der Waals surface area (Å²) in [5, 5.41) is 16.7. The minimum absolute atomic E-state index is 0.157. The SMILES string of the molecule is CC(C)(COC1CCCCO1)c1cc(NC(=O)C(C)(C)N2CC[C@H](O)C2)on1. The number of hydrogen-bond acceptors (Lipinski definition) is 7. The van der Waals surface area contributed by atoms with Crippen LogP contribution in [0, 0.1) is 0 Å². The van der Waals surface area contributed by atoms with Gasteiger partial charge in [0.15, 0.2) is 6.29 Å². The van der Waals surface area contributed by atoms with Gasteiger partial charge in [-0.1, -0.05) is 19.0 Å². The fourth-order valence-corrected chi connectivity index (χ4v) is 3.53. The highest BCUT2D eigenvalue weighted by Crippen LogP contribution is 2.28. The second-order valence-electron chi connectivity index (χ2n) is 8.97. The molecule has 2 saturated heterocycles. The molecule has 0 spiro atoms. The number of nitrogens with zero attached hydrogens (tertiary/aromatic N) is 2. The van der Waals surface area contributed by atoms with Crippen LogP contribution < -0.4 is 5.32 Å². The number of aliphatic hydroxyl groups excluding tert-OH is 1. The van der Waals surface area contributed by atoms with Gasteiger partial charge in [-0.2, -0.15) is 0 Å². The second kappa shape index (κ2) is 8.49. The lowest BCUT2D eigenvalue weighted by Gasteiger charge is -2.33. The average Bonchev–Trinajstić information content (AvgIpc) is 3.31. The van der Waals surface area contributed by atoms with Crippen LogP contribution in [-0.2, 0) is 19.7 Å². The molecule has 0 saturated carbocycles. The largest absolute Gasteiger partial charge is 0.392 e.